The Morgan fingerprint density at radius 2 is 1.79 bits per heavy atom. The fourth-order valence-electron chi connectivity index (χ4n) is 8.52. The van der Waals surface area contributed by atoms with Gasteiger partial charge in [0.25, 0.3) is 0 Å². The smallest absolute Gasteiger partial charge is 0.136 e. The Labute approximate surface area is 171 Å². The molecule has 0 spiro atoms. The highest BCUT2D eigenvalue weighted by Gasteiger charge is 2.62. The molecule has 0 radical (unpaired) electrons. The first kappa shape index (κ1) is 20.6. The van der Waals surface area contributed by atoms with Gasteiger partial charge in [0.1, 0.15) is 11.6 Å². The predicted molar refractivity (Wildman–Crippen MR) is 111 cm³/mol. The molecule has 0 amide bonds. The molecule has 158 valence electrons. The Kier molecular flexibility index (Phi) is 5.30. The molecule has 3 heteroatoms. The third kappa shape index (κ3) is 3.11. The number of carbonyl (C=O) groups excluding carboxylic acids is 2. The van der Waals surface area contributed by atoms with E-state index in [1.165, 1.54) is 25.7 Å². The van der Waals surface area contributed by atoms with Crippen LogP contribution in [0, 0.1) is 46.3 Å². The molecule has 0 saturated heterocycles. The second-order valence-electron chi connectivity index (χ2n) is 11.5. The van der Waals surface area contributed by atoms with Crippen LogP contribution >= 0.6 is 0 Å². The van der Waals surface area contributed by atoms with Gasteiger partial charge in [-0.15, -0.1) is 0 Å². The summed E-state index contributed by atoms with van der Waals surface area (Å²) in [6.45, 7) is 8.96. The summed E-state index contributed by atoms with van der Waals surface area (Å²) < 4.78 is 0. The number of aliphatic hydroxyl groups is 1. The van der Waals surface area contributed by atoms with Gasteiger partial charge in [-0.05, 0) is 98.7 Å². The third-order valence-corrected chi connectivity index (χ3v) is 10.2. The van der Waals surface area contributed by atoms with E-state index in [1.54, 1.807) is 6.92 Å². The topological polar surface area (TPSA) is 54.4 Å². The number of rotatable bonds is 4. The van der Waals surface area contributed by atoms with Gasteiger partial charge in [0.2, 0.25) is 0 Å². The van der Waals surface area contributed by atoms with Gasteiger partial charge in [-0.1, -0.05) is 20.8 Å². The minimum absolute atomic E-state index is 0.200. The Balaban J connectivity index is 1.56. The Hall–Kier alpha value is -0.700. The van der Waals surface area contributed by atoms with Crippen molar-refractivity contribution in [2.75, 3.05) is 0 Å². The normalized spacial score (nSPS) is 49.1. The van der Waals surface area contributed by atoms with Crippen LogP contribution in [0.2, 0.25) is 0 Å². The molecule has 28 heavy (non-hydrogen) atoms. The van der Waals surface area contributed by atoms with Gasteiger partial charge >= 0.3 is 0 Å². The molecular formula is C25H40O3. The zero-order valence-electron chi connectivity index (χ0n) is 18.4. The molecule has 0 heterocycles. The lowest BCUT2D eigenvalue weighted by molar-refractivity contribution is -0.160. The van der Waals surface area contributed by atoms with Crippen LogP contribution in [-0.2, 0) is 9.59 Å². The second-order valence-corrected chi connectivity index (χ2v) is 11.5. The van der Waals surface area contributed by atoms with Crippen molar-refractivity contribution in [3.05, 3.63) is 0 Å². The van der Waals surface area contributed by atoms with Crippen LogP contribution in [0.1, 0.15) is 91.9 Å². The maximum absolute atomic E-state index is 13.4. The highest BCUT2D eigenvalue weighted by molar-refractivity contribution is 5.83. The molecule has 4 aliphatic rings. The molecule has 9 atom stereocenters. The van der Waals surface area contributed by atoms with Gasteiger partial charge < -0.3 is 9.90 Å². The van der Waals surface area contributed by atoms with Crippen LogP contribution in [-0.4, -0.2) is 22.8 Å². The van der Waals surface area contributed by atoms with Gasteiger partial charge in [-0.2, -0.15) is 0 Å². The minimum Gasteiger partial charge on any atom is -0.393 e. The van der Waals surface area contributed by atoms with Gasteiger partial charge in [-0.25, -0.2) is 0 Å². The number of aliphatic hydroxyl groups excluding tert-OH is 1. The lowest BCUT2D eigenvalue weighted by Crippen LogP contribution is -2.57. The van der Waals surface area contributed by atoms with Crippen LogP contribution in [0.25, 0.3) is 0 Å². The van der Waals surface area contributed by atoms with E-state index in [4.69, 9.17) is 0 Å². The molecule has 1 N–H and O–H groups in total. The fourth-order valence-corrected chi connectivity index (χ4v) is 8.52. The molecule has 0 aliphatic heterocycles. The fraction of sp³-hybridized carbons (Fsp3) is 0.920. The van der Waals surface area contributed by atoms with E-state index in [0.717, 1.165) is 25.7 Å². The summed E-state index contributed by atoms with van der Waals surface area (Å²) in [5.41, 5.74) is 0.516. The maximum Gasteiger partial charge on any atom is 0.136 e. The van der Waals surface area contributed by atoms with Crippen LogP contribution in [0.15, 0.2) is 0 Å². The second kappa shape index (κ2) is 7.22. The zero-order chi connectivity index (χ0) is 20.3. The van der Waals surface area contributed by atoms with Crippen molar-refractivity contribution in [3.63, 3.8) is 0 Å². The summed E-state index contributed by atoms with van der Waals surface area (Å²) in [5.74, 6) is 3.74. The quantitative estimate of drug-likeness (QED) is 0.721. The predicted octanol–water partition coefficient (Wildman–Crippen LogP) is 5.19. The zero-order valence-corrected chi connectivity index (χ0v) is 18.4. The molecule has 0 unspecified atom stereocenters. The SMILES string of the molecule is CC(=O)CC[C@@H](C)[C@H]1CC[C@H]2[C@@H]3C(=O)C[C@@H]4C[C@H](O)CC[C@]4(C)[C@H]3CC[C@]12C. The Morgan fingerprint density at radius 1 is 1.11 bits per heavy atom. The van der Waals surface area contributed by atoms with Crippen molar-refractivity contribution in [1.29, 1.82) is 0 Å². The first-order valence-corrected chi connectivity index (χ1v) is 11.9. The molecular weight excluding hydrogens is 348 g/mol. The van der Waals surface area contributed by atoms with E-state index >= 15 is 0 Å². The highest BCUT2D eigenvalue weighted by atomic mass is 16.3. The lowest BCUT2D eigenvalue weighted by Gasteiger charge is -2.60. The minimum atomic E-state index is -0.200. The third-order valence-electron chi connectivity index (χ3n) is 10.2. The molecule has 4 fully saturated rings. The number of hydrogen-bond acceptors (Lipinski definition) is 3. The largest absolute Gasteiger partial charge is 0.393 e. The van der Waals surface area contributed by atoms with Crippen molar-refractivity contribution in [3.8, 4) is 0 Å². The summed E-state index contributed by atoms with van der Waals surface area (Å²) >= 11 is 0. The van der Waals surface area contributed by atoms with Crippen LogP contribution in [0.5, 0.6) is 0 Å². The maximum atomic E-state index is 13.4. The van der Waals surface area contributed by atoms with Crippen LogP contribution < -0.4 is 0 Å². The number of ketones is 2. The van der Waals surface area contributed by atoms with Gasteiger partial charge in [0.05, 0.1) is 6.10 Å². The first-order chi connectivity index (χ1) is 13.2. The standard InChI is InChI=1S/C25H40O3/c1-15(5-6-16(2)26)19-7-8-20-23-21(10-12-25(19,20)4)24(3)11-9-18(27)13-17(24)14-22(23)28/h15,17-21,23,27H,5-14H2,1-4H3/t15-,17+,18-,19-,20+,21+,23+,24+,25-/m1/s1. The molecule has 3 nitrogen and oxygen atoms in total. The molecule has 4 rings (SSSR count). The summed E-state index contributed by atoms with van der Waals surface area (Å²) in [7, 11) is 0. The van der Waals surface area contributed by atoms with E-state index in [0.29, 0.717) is 54.0 Å². The summed E-state index contributed by atoms with van der Waals surface area (Å²) in [6, 6.07) is 0. The summed E-state index contributed by atoms with van der Waals surface area (Å²) in [6.07, 6.45) is 9.89. The van der Waals surface area contributed by atoms with Gasteiger partial charge in [-0.3, -0.25) is 4.79 Å². The van der Waals surface area contributed by atoms with E-state index in [1.807, 2.05) is 0 Å². The van der Waals surface area contributed by atoms with Crippen molar-refractivity contribution in [2.45, 2.75) is 98.0 Å². The molecule has 0 aromatic rings. The highest BCUT2D eigenvalue weighted by Crippen LogP contribution is 2.67. The summed E-state index contributed by atoms with van der Waals surface area (Å²) in [4.78, 5) is 24.9. The van der Waals surface area contributed by atoms with Crippen molar-refractivity contribution in [1.82, 2.24) is 0 Å². The van der Waals surface area contributed by atoms with Gasteiger partial charge in [0, 0.05) is 18.8 Å². The lowest BCUT2D eigenvalue weighted by atomic mass is 9.44. The van der Waals surface area contributed by atoms with Crippen molar-refractivity contribution < 1.29 is 14.7 Å². The molecule has 4 aliphatic carbocycles. The molecule has 0 bridgehead atoms. The van der Waals surface area contributed by atoms with E-state index < -0.39 is 0 Å². The molecule has 0 aromatic heterocycles. The average molecular weight is 389 g/mol. The average Bonchev–Trinajstić information content (AvgIpc) is 2.98. The number of Topliss-reactive ketones (excluding diaryl/α,β-unsaturated/α-hetero) is 2. The van der Waals surface area contributed by atoms with E-state index in [2.05, 4.69) is 20.8 Å². The van der Waals surface area contributed by atoms with E-state index in [-0.39, 0.29) is 22.9 Å². The number of hydrogen-bond donors (Lipinski definition) is 1. The Morgan fingerprint density at radius 3 is 2.50 bits per heavy atom. The van der Waals surface area contributed by atoms with Crippen LogP contribution in [0.4, 0.5) is 0 Å². The first-order valence-electron chi connectivity index (χ1n) is 11.9. The van der Waals surface area contributed by atoms with Crippen LogP contribution in [0.3, 0.4) is 0 Å². The van der Waals surface area contributed by atoms with Crippen molar-refractivity contribution >= 4 is 11.6 Å². The number of fused-ring (bicyclic) bond motifs is 5. The number of carbonyl (C=O) groups is 2. The van der Waals surface area contributed by atoms with Crippen molar-refractivity contribution in [2.24, 2.45) is 46.3 Å². The van der Waals surface area contributed by atoms with Gasteiger partial charge in [0.15, 0.2) is 0 Å². The Bertz CT molecular complexity index is 642. The molecule has 4 saturated carbocycles. The molecule has 0 aromatic carbocycles. The summed E-state index contributed by atoms with van der Waals surface area (Å²) in [5, 5.41) is 10.2. The van der Waals surface area contributed by atoms with E-state index in [9.17, 15) is 14.7 Å². The monoisotopic (exact) mass is 388 g/mol.